The minimum atomic E-state index is -1.03. The van der Waals surface area contributed by atoms with Crippen molar-refractivity contribution >= 4 is 11.9 Å². The molecular formula is C20H23FN4O4. The molecule has 9 heteroatoms. The molecule has 4 rings (SSSR count). The van der Waals surface area contributed by atoms with Gasteiger partial charge in [0, 0.05) is 19.0 Å². The third kappa shape index (κ3) is 3.68. The van der Waals surface area contributed by atoms with Gasteiger partial charge in [0.05, 0.1) is 13.7 Å². The summed E-state index contributed by atoms with van der Waals surface area (Å²) in [7, 11) is 1.29. The third-order valence-electron chi connectivity index (χ3n) is 5.76. The zero-order valence-corrected chi connectivity index (χ0v) is 16.2. The van der Waals surface area contributed by atoms with Gasteiger partial charge in [-0.1, -0.05) is 12.1 Å². The lowest BCUT2D eigenvalue weighted by Crippen LogP contribution is -2.43. The number of amides is 1. The predicted octanol–water partition coefficient (Wildman–Crippen LogP) is 1.01. The van der Waals surface area contributed by atoms with Gasteiger partial charge in [-0.2, -0.15) is 5.10 Å². The smallest absolute Gasteiger partial charge is 0.346 e. The maximum atomic E-state index is 13.1. The Morgan fingerprint density at radius 3 is 2.66 bits per heavy atom. The van der Waals surface area contributed by atoms with E-state index in [-0.39, 0.29) is 30.0 Å². The van der Waals surface area contributed by atoms with Gasteiger partial charge in [0.1, 0.15) is 17.1 Å². The van der Waals surface area contributed by atoms with Crippen molar-refractivity contribution in [1.29, 1.82) is 0 Å². The molecule has 1 atom stereocenters. The maximum Gasteiger partial charge on any atom is 0.346 e. The Balaban J connectivity index is 1.41. The first-order chi connectivity index (χ1) is 13.9. The van der Waals surface area contributed by atoms with E-state index in [1.54, 1.807) is 16.7 Å². The molecule has 0 radical (unpaired) electrons. The van der Waals surface area contributed by atoms with E-state index in [9.17, 15) is 18.8 Å². The fraction of sp³-hybridized carbons (Fsp3) is 0.500. The van der Waals surface area contributed by atoms with Crippen molar-refractivity contribution in [3.63, 3.8) is 0 Å². The topological polar surface area (TPSA) is 95.2 Å². The number of carbonyl (C=O) groups is 2. The molecule has 1 N–H and O–H groups in total. The molecule has 1 unspecified atom stereocenters. The van der Waals surface area contributed by atoms with E-state index >= 15 is 0 Å². The van der Waals surface area contributed by atoms with Crippen LogP contribution in [-0.2, 0) is 33.8 Å². The molecule has 8 nitrogen and oxygen atoms in total. The highest BCUT2D eigenvalue weighted by Crippen LogP contribution is 2.47. The molecule has 2 heterocycles. The minimum absolute atomic E-state index is 0.128. The van der Waals surface area contributed by atoms with Crippen LogP contribution >= 0.6 is 0 Å². The maximum absolute atomic E-state index is 13.1. The Hall–Kier alpha value is -2.97. The number of fused-ring (bicyclic) bond motifs is 1. The molecule has 2 aromatic rings. The van der Waals surface area contributed by atoms with Gasteiger partial charge in [-0.15, -0.1) is 0 Å². The van der Waals surface area contributed by atoms with Gasteiger partial charge >= 0.3 is 11.7 Å². The van der Waals surface area contributed by atoms with Crippen molar-refractivity contribution in [1.82, 2.24) is 19.7 Å². The summed E-state index contributed by atoms with van der Waals surface area (Å²) in [5.41, 5.74) is -0.453. The highest BCUT2D eigenvalue weighted by Gasteiger charge is 2.58. The lowest BCUT2D eigenvalue weighted by Gasteiger charge is -2.19. The number of aromatic nitrogens is 3. The van der Waals surface area contributed by atoms with Crippen molar-refractivity contribution in [2.45, 2.75) is 51.2 Å². The summed E-state index contributed by atoms with van der Waals surface area (Å²) in [6.45, 7) is 0.717. The van der Waals surface area contributed by atoms with Crippen molar-refractivity contribution < 1.29 is 18.7 Å². The average molecular weight is 402 g/mol. The number of methoxy groups -OCH3 is 1. The van der Waals surface area contributed by atoms with Crippen molar-refractivity contribution in [3.05, 3.63) is 52.0 Å². The first kappa shape index (κ1) is 19.4. The fourth-order valence-corrected chi connectivity index (χ4v) is 3.81. The van der Waals surface area contributed by atoms with E-state index in [0.717, 1.165) is 5.56 Å². The van der Waals surface area contributed by atoms with Gasteiger partial charge in [-0.3, -0.25) is 14.2 Å². The standard InChI is InChI=1S/C20H23FN4O4/c1-29-18(27)20(9-10-20)17(26)22-15-6-7-16-23-25(19(28)24(16)11-8-15)12-13-2-4-14(21)5-3-13/h2-5,15H,6-12H2,1H3,(H,22,26). The first-order valence-electron chi connectivity index (χ1n) is 9.73. The van der Waals surface area contributed by atoms with Crippen LogP contribution in [0.25, 0.3) is 0 Å². The molecule has 1 aromatic carbocycles. The molecule has 1 aliphatic carbocycles. The lowest BCUT2D eigenvalue weighted by atomic mass is 10.0. The molecular weight excluding hydrogens is 379 g/mol. The largest absolute Gasteiger partial charge is 0.468 e. The van der Waals surface area contributed by atoms with Gasteiger partial charge in [0.2, 0.25) is 5.91 Å². The summed E-state index contributed by atoms with van der Waals surface area (Å²) in [6.07, 6.45) is 2.78. The Bertz CT molecular complexity index is 991. The third-order valence-corrected chi connectivity index (χ3v) is 5.76. The van der Waals surface area contributed by atoms with Crippen LogP contribution in [0.2, 0.25) is 0 Å². The SMILES string of the molecule is COC(=O)C1(C(=O)NC2CCc3nn(Cc4ccc(F)cc4)c(=O)n3CC2)CC1. The van der Waals surface area contributed by atoms with Crippen LogP contribution in [0.5, 0.6) is 0 Å². The summed E-state index contributed by atoms with van der Waals surface area (Å²) >= 11 is 0. The second-order valence-electron chi connectivity index (χ2n) is 7.71. The molecule has 2 aliphatic rings. The minimum Gasteiger partial charge on any atom is -0.468 e. The summed E-state index contributed by atoms with van der Waals surface area (Å²) in [5.74, 6) is -0.430. The van der Waals surface area contributed by atoms with Gasteiger partial charge < -0.3 is 10.1 Å². The van der Waals surface area contributed by atoms with Crippen LogP contribution in [0, 0.1) is 11.2 Å². The molecule has 0 saturated heterocycles. The summed E-state index contributed by atoms with van der Waals surface area (Å²) in [4.78, 5) is 37.1. The van der Waals surface area contributed by atoms with Crippen LogP contribution < -0.4 is 11.0 Å². The summed E-state index contributed by atoms with van der Waals surface area (Å²) in [6, 6.07) is 5.85. The van der Waals surface area contributed by atoms with Gasteiger partial charge in [-0.05, 0) is 43.4 Å². The zero-order valence-electron chi connectivity index (χ0n) is 16.2. The Morgan fingerprint density at radius 2 is 2.00 bits per heavy atom. The molecule has 1 fully saturated rings. The van der Waals surface area contributed by atoms with E-state index in [0.29, 0.717) is 44.5 Å². The average Bonchev–Trinajstić information content (AvgIpc) is 3.50. The number of nitrogens with one attached hydrogen (secondary N) is 1. The lowest BCUT2D eigenvalue weighted by molar-refractivity contribution is -0.152. The Kier molecular flexibility index (Phi) is 4.97. The van der Waals surface area contributed by atoms with Crippen molar-refractivity contribution in [2.24, 2.45) is 5.41 Å². The second kappa shape index (κ2) is 7.46. The van der Waals surface area contributed by atoms with E-state index < -0.39 is 11.4 Å². The Morgan fingerprint density at radius 1 is 1.28 bits per heavy atom. The van der Waals surface area contributed by atoms with Crippen molar-refractivity contribution in [3.8, 4) is 0 Å². The monoisotopic (exact) mass is 402 g/mol. The second-order valence-corrected chi connectivity index (χ2v) is 7.71. The number of rotatable bonds is 5. The van der Waals surface area contributed by atoms with Crippen LogP contribution in [0.15, 0.2) is 29.1 Å². The number of carbonyl (C=O) groups excluding carboxylic acids is 2. The quantitative estimate of drug-likeness (QED) is 0.595. The summed E-state index contributed by atoms with van der Waals surface area (Å²) < 4.78 is 20.8. The van der Waals surface area contributed by atoms with E-state index in [1.165, 1.54) is 23.9 Å². The highest BCUT2D eigenvalue weighted by molar-refractivity contribution is 6.05. The van der Waals surface area contributed by atoms with Crippen LogP contribution in [0.3, 0.4) is 0 Å². The van der Waals surface area contributed by atoms with Crippen LogP contribution in [0.4, 0.5) is 4.39 Å². The normalized spacial score (nSPS) is 19.7. The predicted molar refractivity (Wildman–Crippen MR) is 101 cm³/mol. The molecule has 1 amide bonds. The van der Waals surface area contributed by atoms with Crippen molar-refractivity contribution in [2.75, 3.05) is 7.11 Å². The zero-order chi connectivity index (χ0) is 20.6. The van der Waals surface area contributed by atoms with E-state index in [4.69, 9.17) is 4.74 Å². The van der Waals surface area contributed by atoms with Gasteiger partial charge in [-0.25, -0.2) is 13.9 Å². The number of hydrogen-bond acceptors (Lipinski definition) is 5. The number of aryl methyl sites for hydroxylation is 1. The van der Waals surface area contributed by atoms with Gasteiger partial charge in [0.15, 0.2) is 0 Å². The van der Waals surface area contributed by atoms with Crippen LogP contribution in [-0.4, -0.2) is 39.4 Å². The van der Waals surface area contributed by atoms with E-state index in [2.05, 4.69) is 10.4 Å². The summed E-state index contributed by atoms with van der Waals surface area (Å²) in [5, 5.41) is 7.39. The van der Waals surface area contributed by atoms with Crippen LogP contribution in [0.1, 0.15) is 37.1 Å². The number of ether oxygens (including phenoxy) is 1. The van der Waals surface area contributed by atoms with E-state index in [1.807, 2.05) is 0 Å². The molecule has 29 heavy (non-hydrogen) atoms. The number of esters is 1. The molecule has 1 aromatic heterocycles. The number of benzene rings is 1. The number of hydrogen-bond donors (Lipinski definition) is 1. The van der Waals surface area contributed by atoms with Gasteiger partial charge in [0.25, 0.3) is 0 Å². The molecule has 154 valence electrons. The molecule has 1 aliphatic heterocycles. The fourth-order valence-electron chi connectivity index (χ4n) is 3.81. The Labute approximate surface area is 166 Å². The molecule has 1 saturated carbocycles. The molecule has 0 spiro atoms. The number of halogens is 1. The first-order valence-corrected chi connectivity index (χ1v) is 9.73. The molecule has 0 bridgehead atoms. The number of nitrogens with zero attached hydrogens (tertiary/aromatic N) is 3. The highest BCUT2D eigenvalue weighted by atomic mass is 19.1.